The molecule has 1 aromatic carbocycles. The predicted octanol–water partition coefficient (Wildman–Crippen LogP) is 2.19. The number of nitrogens with zero attached hydrogens (tertiary/aromatic N) is 1. The van der Waals surface area contributed by atoms with Gasteiger partial charge in [-0.2, -0.15) is 0 Å². The first-order valence-corrected chi connectivity index (χ1v) is 5.54. The van der Waals surface area contributed by atoms with Crippen LogP contribution in [0.5, 0.6) is 0 Å². The van der Waals surface area contributed by atoms with Gasteiger partial charge >= 0.3 is 0 Å². The highest BCUT2D eigenvalue weighted by atomic mass is 35.5. The Kier molecular flexibility index (Phi) is 3.08. The van der Waals surface area contributed by atoms with Crippen molar-refractivity contribution in [2.45, 2.75) is 18.4 Å². The first-order valence-electron chi connectivity index (χ1n) is 5.54. The molecule has 4 heteroatoms. The van der Waals surface area contributed by atoms with E-state index < -0.39 is 0 Å². The summed E-state index contributed by atoms with van der Waals surface area (Å²) in [5.74, 6) is -0.102. The van der Waals surface area contributed by atoms with E-state index in [2.05, 4.69) is 10.2 Å². The lowest BCUT2D eigenvalue weighted by Crippen LogP contribution is -2.52. The molecular formula is C12H16ClFN2. The maximum atomic E-state index is 13.6. The molecule has 2 fully saturated rings. The summed E-state index contributed by atoms with van der Waals surface area (Å²) < 4.78 is 13.6. The van der Waals surface area contributed by atoms with Gasteiger partial charge in [-0.1, -0.05) is 12.1 Å². The summed E-state index contributed by atoms with van der Waals surface area (Å²) in [5.41, 5.74) is 1.06. The monoisotopic (exact) mass is 242 g/mol. The quantitative estimate of drug-likeness (QED) is 0.812. The SMILES string of the molecule is Cl.Fc1ccccc1N1CCNC2(CC2)C1. The second kappa shape index (κ2) is 4.22. The van der Waals surface area contributed by atoms with Gasteiger partial charge in [0, 0.05) is 25.2 Å². The van der Waals surface area contributed by atoms with Crippen LogP contribution in [0.25, 0.3) is 0 Å². The van der Waals surface area contributed by atoms with Crippen molar-refractivity contribution in [1.82, 2.24) is 5.32 Å². The molecule has 1 heterocycles. The smallest absolute Gasteiger partial charge is 0.146 e. The molecule has 0 atom stereocenters. The Morgan fingerprint density at radius 3 is 2.69 bits per heavy atom. The summed E-state index contributed by atoms with van der Waals surface area (Å²) in [5, 5.41) is 3.52. The molecule has 0 unspecified atom stereocenters. The molecule has 0 bridgehead atoms. The zero-order chi connectivity index (χ0) is 10.3. The van der Waals surface area contributed by atoms with Crippen molar-refractivity contribution in [3.8, 4) is 0 Å². The van der Waals surface area contributed by atoms with Gasteiger partial charge in [0.1, 0.15) is 5.82 Å². The summed E-state index contributed by atoms with van der Waals surface area (Å²) in [6.45, 7) is 2.82. The van der Waals surface area contributed by atoms with Crippen LogP contribution in [0.4, 0.5) is 10.1 Å². The molecule has 2 aliphatic rings. The summed E-state index contributed by atoms with van der Waals surface area (Å²) in [4.78, 5) is 2.17. The Morgan fingerprint density at radius 1 is 1.25 bits per heavy atom. The zero-order valence-corrected chi connectivity index (χ0v) is 9.89. The Hall–Kier alpha value is -0.800. The van der Waals surface area contributed by atoms with Gasteiger partial charge in [0.2, 0.25) is 0 Å². The third-order valence-corrected chi connectivity index (χ3v) is 3.42. The fourth-order valence-electron chi connectivity index (χ4n) is 2.36. The highest BCUT2D eigenvalue weighted by molar-refractivity contribution is 5.85. The van der Waals surface area contributed by atoms with E-state index in [1.807, 2.05) is 12.1 Å². The van der Waals surface area contributed by atoms with Crippen LogP contribution in [-0.2, 0) is 0 Å². The zero-order valence-electron chi connectivity index (χ0n) is 9.08. The van der Waals surface area contributed by atoms with Crippen molar-refractivity contribution < 1.29 is 4.39 Å². The largest absolute Gasteiger partial charge is 0.366 e. The van der Waals surface area contributed by atoms with Crippen molar-refractivity contribution >= 4 is 18.1 Å². The van der Waals surface area contributed by atoms with Crippen molar-refractivity contribution in [3.05, 3.63) is 30.1 Å². The Bertz CT molecular complexity index is 379. The lowest BCUT2D eigenvalue weighted by molar-refractivity contribution is 0.438. The van der Waals surface area contributed by atoms with Gasteiger partial charge in [0.15, 0.2) is 0 Å². The van der Waals surface area contributed by atoms with E-state index in [1.165, 1.54) is 18.9 Å². The summed E-state index contributed by atoms with van der Waals surface area (Å²) in [7, 11) is 0. The van der Waals surface area contributed by atoms with Crippen molar-refractivity contribution in [2.24, 2.45) is 0 Å². The molecule has 0 amide bonds. The van der Waals surface area contributed by atoms with Gasteiger partial charge in [0.05, 0.1) is 5.69 Å². The Balaban J connectivity index is 0.000000963. The van der Waals surface area contributed by atoms with Gasteiger partial charge in [-0.3, -0.25) is 0 Å². The fourth-order valence-corrected chi connectivity index (χ4v) is 2.36. The standard InChI is InChI=1S/C12H15FN2.ClH/c13-10-3-1-2-4-11(10)15-8-7-14-12(9-15)5-6-12;/h1-4,14H,5-9H2;1H. The van der Waals surface area contributed by atoms with E-state index >= 15 is 0 Å². The highest BCUT2D eigenvalue weighted by Gasteiger charge is 2.45. The average molecular weight is 243 g/mol. The highest BCUT2D eigenvalue weighted by Crippen LogP contribution is 2.38. The molecule has 1 aliphatic carbocycles. The second-order valence-corrected chi connectivity index (χ2v) is 4.58. The topological polar surface area (TPSA) is 15.3 Å². The molecule has 0 aromatic heterocycles. The normalized spacial score (nSPS) is 21.7. The molecule has 88 valence electrons. The first kappa shape index (κ1) is 11.7. The lowest BCUT2D eigenvalue weighted by atomic mass is 10.1. The summed E-state index contributed by atoms with van der Waals surface area (Å²) in [6, 6.07) is 7.06. The fraction of sp³-hybridized carbons (Fsp3) is 0.500. The van der Waals surface area contributed by atoms with E-state index in [4.69, 9.17) is 0 Å². The molecule has 1 aliphatic heterocycles. The van der Waals surface area contributed by atoms with Gasteiger partial charge in [0.25, 0.3) is 0 Å². The maximum absolute atomic E-state index is 13.6. The minimum absolute atomic E-state index is 0. The van der Waals surface area contributed by atoms with E-state index in [0.29, 0.717) is 5.54 Å². The van der Waals surface area contributed by atoms with Gasteiger partial charge in [-0.05, 0) is 25.0 Å². The molecule has 0 radical (unpaired) electrons. The third kappa shape index (κ3) is 2.02. The van der Waals surface area contributed by atoms with E-state index in [9.17, 15) is 4.39 Å². The minimum atomic E-state index is -0.102. The molecule has 3 rings (SSSR count). The summed E-state index contributed by atoms with van der Waals surface area (Å²) >= 11 is 0. The van der Waals surface area contributed by atoms with E-state index in [-0.39, 0.29) is 18.2 Å². The first-order chi connectivity index (χ1) is 7.29. The Labute approximate surface area is 101 Å². The second-order valence-electron chi connectivity index (χ2n) is 4.58. The molecule has 1 aromatic rings. The van der Waals surface area contributed by atoms with Crippen LogP contribution >= 0.6 is 12.4 Å². The number of hydrogen-bond donors (Lipinski definition) is 1. The number of nitrogens with one attached hydrogen (secondary N) is 1. The minimum Gasteiger partial charge on any atom is -0.366 e. The maximum Gasteiger partial charge on any atom is 0.146 e. The molecule has 1 saturated carbocycles. The van der Waals surface area contributed by atoms with Crippen LogP contribution < -0.4 is 10.2 Å². The number of benzene rings is 1. The van der Waals surface area contributed by atoms with Gasteiger partial charge in [-0.15, -0.1) is 12.4 Å². The number of rotatable bonds is 1. The van der Waals surface area contributed by atoms with Crippen LogP contribution in [0.15, 0.2) is 24.3 Å². The average Bonchev–Trinajstić information content (AvgIpc) is 2.98. The van der Waals surface area contributed by atoms with Crippen LogP contribution in [-0.4, -0.2) is 25.2 Å². The molecule has 1 saturated heterocycles. The predicted molar refractivity (Wildman–Crippen MR) is 65.8 cm³/mol. The summed E-state index contributed by atoms with van der Waals surface area (Å²) in [6.07, 6.45) is 2.47. The van der Waals surface area contributed by atoms with Crippen molar-refractivity contribution in [2.75, 3.05) is 24.5 Å². The van der Waals surface area contributed by atoms with E-state index in [0.717, 1.165) is 25.3 Å². The molecule has 2 nitrogen and oxygen atoms in total. The molecule has 16 heavy (non-hydrogen) atoms. The number of anilines is 1. The third-order valence-electron chi connectivity index (χ3n) is 3.42. The van der Waals surface area contributed by atoms with E-state index in [1.54, 1.807) is 6.07 Å². The number of hydrogen-bond acceptors (Lipinski definition) is 2. The number of para-hydroxylation sites is 1. The van der Waals surface area contributed by atoms with Crippen LogP contribution in [0.1, 0.15) is 12.8 Å². The number of piperazine rings is 1. The number of halogens is 2. The van der Waals surface area contributed by atoms with Crippen molar-refractivity contribution in [1.29, 1.82) is 0 Å². The van der Waals surface area contributed by atoms with Crippen LogP contribution in [0.2, 0.25) is 0 Å². The van der Waals surface area contributed by atoms with Gasteiger partial charge < -0.3 is 10.2 Å². The molecular weight excluding hydrogens is 227 g/mol. The molecule has 1 spiro atoms. The molecule has 1 N–H and O–H groups in total. The van der Waals surface area contributed by atoms with Crippen LogP contribution in [0.3, 0.4) is 0 Å². The lowest BCUT2D eigenvalue weighted by Gasteiger charge is -2.35. The van der Waals surface area contributed by atoms with Crippen LogP contribution in [0, 0.1) is 5.82 Å². The Morgan fingerprint density at radius 2 is 2.00 bits per heavy atom. The van der Waals surface area contributed by atoms with Crippen molar-refractivity contribution in [3.63, 3.8) is 0 Å². The van der Waals surface area contributed by atoms with Gasteiger partial charge in [-0.25, -0.2) is 4.39 Å².